The Kier molecular flexibility index (Phi) is 5.58. The van der Waals surface area contributed by atoms with E-state index in [1.165, 1.54) is 21.9 Å². The lowest BCUT2D eigenvalue weighted by molar-refractivity contribution is -0.117. The van der Waals surface area contributed by atoms with Crippen LogP contribution < -0.4 is 15.0 Å². The van der Waals surface area contributed by atoms with Crippen molar-refractivity contribution in [3.63, 3.8) is 0 Å². The number of rotatable bonds is 7. The highest BCUT2D eigenvalue weighted by Gasteiger charge is 2.21. The van der Waals surface area contributed by atoms with E-state index in [-0.39, 0.29) is 5.91 Å². The number of nitrogens with zero attached hydrogens (tertiary/aromatic N) is 1. The molecule has 4 nitrogen and oxygen atoms in total. The number of benzene rings is 3. The normalized spacial score (nSPS) is 14.0. The summed E-state index contributed by atoms with van der Waals surface area (Å²) in [6, 6.07) is 20.9. The number of anilines is 1. The van der Waals surface area contributed by atoms with Gasteiger partial charge in [-0.2, -0.15) is 0 Å². The maximum atomic E-state index is 11.9. The highest BCUT2D eigenvalue weighted by molar-refractivity contribution is 5.95. The van der Waals surface area contributed by atoms with Crippen molar-refractivity contribution in [3.8, 4) is 5.75 Å². The number of carbonyl (C=O) groups is 1. The Bertz CT molecular complexity index is 966. The third-order valence-electron chi connectivity index (χ3n) is 5.25. The molecule has 3 aromatic carbocycles. The van der Waals surface area contributed by atoms with Crippen LogP contribution in [0.25, 0.3) is 10.8 Å². The van der Waals surface area contributed by atoms with E-state index in [9.17, 15) is 4.79 Å². The van der Waals surface area contributed by atoms with E-state index >= 15 is 0 Å². The van der Waals surface area contributed by atoms with Gasteiger partial charge in [-0.05, 0) is 47.9 Å². The van der Waals surface area contributed by atoms with Gasteiger partial charge >= 0.3 is 0 Å². The van der Waals surface area contributed by atoms with E-state index in [0.29, 0.717) is 13.0 Å². The Balaban J connectivity index is 1.45. The summed E-state index contributed by atoms with van der Waals surface area (Å²) in [6.45, 7) is 5.00. The number of hydrogen-bond acceptors (Lipinski definition) is 3. The topological polar surface area (TPSA) is 41.6 Å². The molecule has 0 atom stereocenters. The summed E-state index contributed by atoms with van der Waals surface area (Å²) < 4.78 is 5.85. The highest BCUT2D eigenvalue weighted by atomic mass is 16.5. The molecule has 1 aliphatic rings. The molecule has 3 aromatic rings. The van der Waals surface area contributed by atoms with Gasteiger partial charge in [-0.1, -0.05) is 42.5 Å². The van der Waals surface area contributed by atoms with Crippen LogP contribution in [0.2, 0.25) is 0 Å². The molecule has 0 saturated carbocycles. The van der Waals surface area contributed by atoms with E-state index < -0.39 is 0 Å². The molecule has 28 heavy (non-hydrogen) atoms. The molecule has 1 amide bonds. The van der Waals surface area contributed by atoms with Gasteiger partial charge in [0.05, 0.1) is 6.61 Å². The second-order valence-electron chi connectivity index (χ2n) is 7.12. The molecule has 144 valence electrons. The van der Waals surface area contributed by atoms with Gasteiger partial charge in [-0.3, -0.25) is 4.79 Å². The van der Waals surface area contributed by atoms with Crippen molar-refractivity contribution < 1.29 is 9.53 Å². The van der Waals surface area contributed by atoms with Crippen molar-refractivity contribution in [2.45, 2.75) is 32.9 Å². The van der Waals surface area contributed by atoms with Crippen molar-refractivity contribution in [1.29, 1.82) is 0 Å². The second-order valence-corrected chi connectivity index (χ2v) is 7.12. The number of hydrogen-bond donors (Lipinski definition) is 1. The number of fused-ring (bicyclic) bond motifs is 1. The van der Waals surface area contributed by atoms with Crippen LogP contribution in [0.5, 0.6) is 5.75 Å². The average Bonchev–Trinajstić information content (AvgIpc) is 3.16. The third kappa shape index (κ3) is 3.87. The molecule has 1 heterocycles. The monoisotopic (exact) mass is 374 g/mol. The van der Waals surface area contributed by atoms with Gasteiger partial charge in [0.2, 0.25) is 5.91 Å². The summed E-state index contributed by atoms with van der Waals surface area (Å²) >= 11 is 0. The van der Waals surface area contributed by atoms with E-state index in [1.807, 2.05) is 24.0 Å². The molecule has 1 fully saturated rings. The average molecular weight is 374 g/mol. The molecule has 1 N–H and O–H groups in total. The van der Waals surface area contributed by atoms with Gasteiger partial charge in [0.15, 0.2) is 0 Å². The van der Waals surface area contributed by atoms with Crippen molar-refractivity contribution in [1.82, 2.24) is 5.32 Å². The molecule has 0 aromatic heterocycles. The molecule has 1 aliphatic heterocycles. The summed E-state index contributed by atoms with van der Waals surface area (Å²) in [5.74, 6) is 1.17. The van der Waals surface area contributed by atoms with Crippen LogP contribution in [0.1, 0.15) is 30.9 Å². The largest absolute Gasteiger partial charge is 0.494 e. The first-order valence-electron chi connectivity index (χ1n) is 9.99. The Morgan fingerprint density at radius 2 is 1.82 bits per heavy atom. The van der Waals surface area contributed by atoms with Crippen LogP contribution in [-0.2, 0) is 17.9 Å². The van der Waals surface area contributed by atoms with Crippen LogP contribution in [-0.4, -0.2) is 19.1 Å². The third-order valence-corrected chi connectivity index (χ3v) is 5.25. The molecule has 0 aliphatic carbocycles. The standard InChI is InChI=1S/C24H26N2O2/c1-2-28-23-14-11-19-6-3-4-7-21(19)22(23)17-25-16-18-9-12-20(13-10-18)26-15-5-8-24(26)27/h3-4,6-7,9-14,25H,2,5,8,15-17H2,1H3. The van der Waals surface area contributed by atoms with Crippen LogP contribution in [0.3, 0.4) is 0 Å². The van der Waals surface area contributed by atoms with Crippen molar-refractivity contribution in [3.05, 3.63) is 71.8 Å². The zero-order valence-corrected chi connectivity index (χ0v) is 16.3. The van der Waals surface area contributed by atoms with Crippen molar-refractivity contribution >= 4 is 22.4 Å². The maximum absolute atomic E-state index is 11.9. The minimum Gasteiger partial charge on any atom is -0.494 e. The van der Waals surface area contributed by atoms with Gasteiger partial charge in [-0.15, -0.1) is 0 Å². The SMILES string of the molecule is CCOc1ccc2ccccc2c1CNCc1ccc(N2CCCC2=O)cc1. The van der Waals surface area contributed by atoms with E-state index in [0.717, 1.165) is 37.5 Å². The summed E-state index contributed by atoms with van der Waals surface area (Å²) in [5.41, 5.74) is 3.40. The first-order chi connectivity index (χ1) is 13.8. The van der Waals surface area contributed by atoms with E-state index in [2.05, 4.69) is 53.8 Å². The molecule has 4 heteroatoms. The molecule has 0 spiro atoms. The Labute approximate surface area is 166 Å². The Morgan fingerprint density at radius 3 is 2.57 bits per heavy atom. The molecular weight excluding hydrogens is 348 g/mol. The lowest BCUT2D eigenvalue weighted by atomic mass is 10.0. The number of nitrogens with one attached hydrogen (secondary N) is 1. The summed E-state index contributed by atoms with van der Waals surface area (Å²) in [6.07, 6.45) is 1.62. The molecule has 0 unspecified atom stereocenters. The summed E-state index contributed by atoms with van der Waals surface area (Å²) in [5, 5.41) is 6.00. The second kappa shape index (κ2) is 8.44. The van der Waals surface area contributed by atoms with E-state index in [1.54, 1.807) is 0 Å². The number of carbonyl (C=O) groups excluding carboxylic acids is 1. The zero-order chi connectivity index (χ0) is 19.3. The highest BCUT2D eigenvalue weighted by Crippen LogP contribution is 2.28. The van der Waals surface area contributed by atoms with Crippen LogP contribution in [0.15, 0.2) is 60.7 Å². The minimum atomic E-state index is 0.227. The lowest BCUT2D eigenvalue weighted by Gasteiger charge is -2.16. The number of amides is 1. The van der Waals surface area contributed by atoms with Gasteiger partial charge < -0.3 is 15.0 Å². The fraction of sp³-hybridized carbons (Fsp3) is 0.292. The summed E-state index contributed by atoms with van der Waals surface area (Å²) in [7, 11) is 0. The van der Waals surface area contributed by atoms with Crippen molar-refractivity contribution in [2.75, 3.05) is 18.1 Å². The zero-order valence-electron chi connectivity index (χ0n) is 16.3. The van der Waals surface area contributed by atoms with Gasteiger partial charge in [0, 0.05) is 37.3 Å². The Hall–Kier alpha value is -2.85. The van der Waals surface area contributed by atoms with E-state index in [4.69, 9.17) is 4.74 Å². The van der Waals surface area contributed by atoms with Gasteiger partial charge in [0.25, 0.3) is 0 Å². The fourth-order valence-corrected chi connectivity index (χ4v) is 3.84. The first-order valence-corrected chi connectivity index (χ1v) is 9.99. The lowest BCUT2D eigenvalue weighted by Crippen LogP contribution is -2.23. The molecular formula is C24H26N2O2. The smallest absolute Gasteiger partial charge is 0.227 e. The predicted molar refractivity (Wildman–Crippen MR) is 114 cm³/mol. The van der Waals surface area contributed by atoms with Crippen LogP contribution in [0.4, 0.5) is 5.69 Å². The Morgan fingerprint density at radius 1 is 1.00 bits per heavy atom. The maximum Gasteiger partial charge on any atom is 0.227 e. The minimum absolute atomic E-state index is 0.227. The van der Waals surface area contributed by atoms with Crippen LogP contribution >= 0.6 is 0 Å². The fourth-order valence-electron chi connectivity index (χ4n) is 3.84. The number of ether oxygens (including phenoxy) is 1. The first kappa shape index (κ1) is 18.5. The van der Waals surface area contributed by atoms with Crippen LogP contribution in [0, 0.1) is 0 Å². The molecule has 4 rings (SSSR count). The molecule has 1 saturated heterocycles. The quantitative estimate of drug-likeness (QED) is 0.654. The van der Waals surface area contributed by atoms with Crippen molar-refractivity contribution in [2.24, 2.45) is 0 Å². The van der Waals surface area contributed by atoms with Gasteiger partial charge in [0.1, 0.15) is 5.75 Å². The predicted octanol–water partition coefficient (Wildman–Crippen LogP) is 4.66. The molecule has 0 bridgehead atoms. The van der Waals surface area contributed by atoms with Gasteiger partial charge in [-0.25, -0.2) is 0 Å². The molecule has 0 radical (unpaired) electrons. The summed E-state index contributed by atoms with van der Waals surface area (Å²) in [4.78, 5) is 13.8.